The zero-order valence-corrected chi connectivity index (χ0v) is 17.7. The third kappa shape index (κ3) is 10.6. The summed E-state index contributed by atoms with van der Waals surface area (Å²) in [5.74, 6) is -2.97. The molecule has 0 aliphatic carbocycles. The summed E-state index contributed by atoms with van der Waals surface area (Å²) in [6.07, 6.45) is 0. The van der Waals surface area contributed by atoms with Crippen LogP contribution in [0.1, 0.15) is 36.7 Å². The van der Waals surface area contributed by atoms with Crippen molar-refractivity contribution in [3.05, 3.63) is 59.2 Å². The number of carbonyl (C=O) groups excluding carboxylic acids is 2. The Kier molecular flexibility index (Phi) is 13.5. The van der Waals surface area contributed by atoms with Gasteiger partial charge in [0.2, 0.25) is 0 Å². The predicted octanol–water partition coefficient (Wildman–Crippen LogP) is -0.776. The normalized spacial score (nSPS) is 9.68. The summed E-state index contributed by atoms with van der Waals surface area (Å²) in [6, 6.07) is 6.80. The average Bonchev–Trinajstić information content (AvgIpc) is 2.54. The number of aliphatic carboxylic acids is 1. The number of phenolic OH excluding ortho intramolecular Hbond substituents is 2. The van der Waals surface area contributed by atoms with Gasteiger partial charge in [0.25, 0.3) is 0 Å². The molecule has 0 aromatic heterocycles. The van der Waals surface area contributed by atoms with E-state index in [-0.39, 0.29) is 58.1 Å². The van der Waals surface area contributed by atoms with E-state index in [1.54, 1.807) is 0 Å². The van der Waals surface area contributed by atoms with Crippen molar-refractivity contribution in [3.8, 4) is 11.5 Å². The van der Waals surface area contributed by atoms with Gasteiger partial charge < -0.3 is 25.3 Å². The van der Waals surface area contributed by atoms with E-state index in [9.17, 15) is 13.6 Å². The van der Waals surface area contributed by atoms with E-state index in [0.29, 0.717) is 5.56 Å². The van der Waals surface area contributed by atoms with Crippen molar-refractivity contribution in [1.29, 1.82) is 0 Å². The Morgan fingerprint density at radius 3 is 1.54 bits per heavy atom. The Labute approximate surface area is 182 Å². The van der Waals surface area contributed by atoms with E-state index in [2.05, 4.69) is 5.16 Å². The average molecular weight is 405 g/mol. The molecule has 2 rings (SSSR count). The molecule has 2 aromatic carbocycles. The first kappa shape index (κ1) is 27.7. The standard InChI is InChI=1S/C8H8FNO2.C8H7FO2.C2H4O2.Na/c1-5(10-12)7-3-2-6(9)4-8(7)11;1-5(10)7-3-2-6(9)4-8(7)11;1-2(3)4;/h2-4,11-12H,1H3;2-4,11H,1H3;1H3,(H,3,4);/q;;;+1/p-1/b10-5+;;;. The van der Waals surface area contributed by atoms with E-state index in [1.807, 2.05) is 0 Å². The topological polar surface area (TPSA) is 130 Å². The monoisotopic (exact) mass is 405 g/mol. The molecule has 0 aliphatic rings. The van der Waals surface area contributed by atoms with Crippen LogP contribution in [0.25, 0.3) is 0 Å². The summed E-state index contributed by atoms with van der Waals surface area (Å²) in [6.45, 7) is 3.79. The fourth-order valence-corrected chi connectivity index (χ4v) is 1.67. The summed E-state index contributed by atoms with van der Waals surface area (Å²) < 4.78 is 24.8. The molecule has 7 nitrogen and oxygen atoms in total. The number of hydrogen-bond donors (Lipinski definition) is 3. The molecule has 0 atom stereocenters. The van der Waals surface area contributed by atoms with Gasteiger partial charge in [-0.15, -0.1) is 0 Å². The van der Waals surface area contributed by atoms with Crippen LogP contribution in [0.3, 0.4) is 0 Å². The van der Waals surface area contributed by atoms with Gasteiger partial charge in [0.1, 0.15) is 23.1 Å². The quantitative estimate of drug-likeness (QED) is 0.198. The second kappa shape index (κ2) is 13.6. The maximum atomic E-state index is 12.5. The van der Waals surface area contributed by atoms with Gasteiger partial charge in [-0.3, -0.25) is 4.79 Å². The summed E-state index contributed by atoms with van der Waals surface area (Å²) in [4.78, 5) is 19.6. The Hall–Kier alpha value is -2.49. The largest absolute Gasteiger partial charge is 1.00 e. The minimum absolute atomic E-state index is 0. The second-order valence-corrected chi connectivity index (χ2v) is 5.06. The number of hydrogen-bond acceptors (Lipinski definition) is 7. The molecular weight excluding hydrogens is 387 g/mol. The Balaban J connectivity index is 0. The molecule has 0 spiro atoms. The number of nitrogens with zero attached hydrogens (tertiary/aromatic N) is 1. The maximum absolute atomic E-state index is 12.5. The summed E-state index contributed by atoms with van der Waals surface area (Å²) in [5.41, 5.74) is 0.706. The Morgan fingerprint density at radius 1 is 0.893 bits per heavy atom. The van der Waals surface area contributed by atoms with E-state index < -0.39 is 17.6 Å². The summed E-state index contributed by atoms with van der Waals surface area (Å²) >= 11 is 0. The van der Waals surface area contributed by atoms with Gasteiger partial charge in [-0.25, -0.2) is 8.78 Å². The molecule has 3 N–H and O–H groups in total. The smallest absolute Gasteiger partial charge is 0.550 e. The molecule has 0 radical (unpaired) electrons. The van der Waals surface area contributed by atoms with Crippen molar-refractivity contribution in [2.45, 2.75) is 20.8 Å². The molecule has 0 unspecified atom stereocenters. The third-order valence-corrected chi connectivity index (χ3v) is 2.84. The van der Waals surface area contributed by atoms with Crippen molar-refractivity contribution >= 4 is 17.5 Å². The summed E-state index contributed by atoms with van der Waals surface area (Å²) in [7, 11) is 0. The fourth-order valence-electron chi connectivity index (χ4n) is 1.67. The maximum Gasteiger partial charge on any atom is 1.00 e. The number of benzene rings is 2. The number of halogens is 2. The number of Topliss-reactive ketones (excluding diaryl/α,β-unsaturated/α-hetero) is 1. The first-order valence-electron chi connectivity index (χ1n) is 7.34. The molecular formula is C18H18F2NNaO6. The molecule has 0 fully saturated rings. The van der Waals surface area contributed by atoms with Gasteiger partial charge >= 0.3 is 29.6 Å². The Morgan fingerprint density at radius 2 is 1.25 bits per heavy atom. The zero-order valence-electron chi connectivity index (χ0n) is 15.7. The van der Waals surface area contributed by atoms with Gasteiger partial charge in [0, 0.05) is 23.7 Å². The Bertz CT molecular complexity index is 839. The third-order valence-electron chi connectivity index (χ3n) is 2.84. The van der Waals surface area contributed by atoms with Gasteiger partial charge in [-0.1, -0.05) is 5.16 Å². The van der Waals surface area contributed by atoms with Crippen LogP contribution >= 0.6 is 0 Å². The van der Waals surface area contributed by atoms with Crippen LogP contribution in [0.2, 0.25) is 0 Å². The molecule has 0 heterocycles. The van der Waals surface area contributed by atoms with Crippen molar-refractivity contribution in [2.75, 3.05) is 0 Å². The van der Waals surface area contributed by atoms with Crippen molar-refractivity contribution in [1.82, 2.24) is 0 Å². The van der Waals surface area contributed by atoms with Gasteiger partial charge in [-0.2, -0.15) is 0 Å². The predicted molar refractivity (Wildman–Crippen MR) is 90.8 cm³/mol. The number of aromatic hydroxyl groups is 2. The van der Waals surface area contributed by atoms with Crippen molar-refractivity contribution in [2.24, 2.45) is 5.16 Å². The molecule has 10 heteroatoms. The van der Waals surface area contributed by atoms with E-state index in [0.717, 1.165) is 25.1 Å². The van der Waals surface area contributed by atoms with Gasteiger partial charge in [0.05, 0.1) is 11.3 Å². The number of oxime groups is 1. The van der Waals surface area contributed by atoms with Gasteiger partial charge in [0.15, 0.2) is 5.78 Å². The molecule has 28 heavy (non-hydrogen) atoms. The van der Waals surface area contributed by atoms with Gasteiger partial charge in [-0.05, 0) is 45.0 Å². The van der Waals surface area contributed by atoms with Crippen LogP contribution < -0.4 is 34.7 Å². The van der Waals surface area contributed by atoms with Crippen LogP contribution in [0.5, 0.6) is 11.5 Å². The molecule has 0 saturated heterocycles. The van der Waals surface area contributed by atoms with Crippen LogP contribution in [0.4, 0.5) is 8.78 Å². The van der Waals surface area contributed by atoms with Crippen LogP contribution in [0.15, 0.2) is 41.6 Å². The molecule has 0 saturated carbocycles. The van der Waals surface area contributed by atoms with Crippen molar-refractivity contribution < 1.29 is 68.5 Å². The molecule has 2 aromatic rings. The number of rotatable bonds is 2. The molecule has 146 valence electrons. The second-order valence-electron chi connectivity index (χ2n) is 5.06. The number of phenols is 2. The fraction of sp³-hybridized carbons (Fsp3) is 0.167. The molecule has 0 bridgehead atoms. The minimum atomic E-state index is -1.08. The van der Waals surface area contributed by atoms with E-state index >= 15 is 0 Å². The molecule has 0 amide bonds. The summed E-state index contributed by atoms with van der Waals surface area (Å²) in [5, 5.41) is 38.3. The first-order valence-corrected chi connectivity index (χ1v) is 7.34. The number of ketones is 1. The van der Waals surface area contributed by atoms with E-state index in [1.165, 1.54) is 32.0 Å². The minimum Gasteiger partial charge on any atom is -0.550 e. The van der Waals surface area contributed by atoms with Crippen LogP contribution in [0, 0.1) is 11.6 Å². The first-order chi connectivity index (χ1) is 12.5. The van der Waals surface area contributed by atoms with E-state index in [4.69, 9.17) is 25.3 Å². The SMILES string of the molecule is C/C(=N\O)c1ccc(F)cc1O.CC(=O)[O-].CC(=O)c1ccc(F)cc1O.[Na+]. The molecule has 0 aliphatic heterocycles. The van der Waals surface area contributed by atoms with Crippen LogP contribution in [-0.2, 0) is 4.79 Å². The zero-order chi connectivity index (χ0) is 21.1. The number of carboxylic acid groups (broad SMARTS) is 1. The number of carboxylic acids is 1. The number of carbonyl (C=O) groups is 2. The van der Waals surface area contributed by atoms with Crippen molar-refractivity contribution in [3.63, 3.8) is 0 Å². The van der Waals surface area contributed by atoms with Crippen LogP contribution in [-0.4, -0.2) is 32.9 Å².